The smallest absolute Gasteiger partial charge is 0.416 e. The summed E-state index contributed by atoms with van der Waals surface area (Å²) in [4.78, 5) is 27.4. The van der Waals surface area contributed by atoms with Gasteiger partial charge in [0, 0.05) is 47.5 Å². The zero-order valence-corrected chi connectivity index (χ0v) is 21.2. The van der Waals surface area contributed by atoms with Crippen LogP contribution in [0.2, 0.25) is 0 Å². The molecule has 200 valence electrons. The van der Waals surface area contributed by atoms with Crippen molar-refractivity contribution in [2.45, 2.75) is 19.1 Å². The first kappa shape index (κ1) is 25.4. The van der Waals surface area contributed by atoms with Crippen molar-refractivity contribution in [1.82, 2.24) is 4.90 Å². The lowest BCUT2D eigenvalue weighted by Crippen LogP contribution is -2.35. The van der Waals surface area contributed by atoms with Crippen molar-refractivity contribution in [2.75, 3.05) is 11.9 Å². The minimum Gasteiger partial charge on any atom is -0.461 e. The highest BCUT2D eigenvalue weighted by atomic mass is 19.4. The van der Waals surface area contributed by atoms with Crippen LogP contribution in [0.25, 0.3) is 22.1 Å². The molecule has 0 radical (unpaired) electrons. The number of amides is 2. The van der Waals surface area contributed by atoms with Crippen LogP contribution in [0.1, 0.15) is 37.6 Å². The first-order chi connectivity index (χ1) is 19.2. The first-order valence-electron chi connectivity index (χ1n) is 12.7. The van der Waals surface area contributed by atoms with Crippen LogP contribution in [0, 0.1) is 0 Å². The molecule has 0 bridgehead atoms. The highest BCUT2D eigenvalue weighted by Crippen LogP contribution is 2.33. The molecule has 0 aliphatic carbocycles. The number of carbonyl (C=O) groups is 2. The second-order valence-corrected chi connectivity index (χ2v) is 9.71. The molecule has 0 fully saturated rings. The van der Waals surface area contributed by atoms with Gasteiger partial charge in [-0.05, 0) is 59.3 Å². The van der Waals surface area contributed by atoms with Gasteiger partial charge in [0.1, 0.15) is 11.5 Å². The molecule has 0 unspecified atom stereocenters. The predicted octanol–water partition coefficient (Wildman–Crippen LogP) is 7.57. The van der Waals surface area contributed by atoms with E-state index in [0.29, 0.717) is 30.0 Å². The number of rotatable bonds is 4. The van der Waals surface area contributed by atoms with Crippen molar-refractivity contribution >= 4 is 28.3 Å². The molecule has 1 N–H and O–H groups in total. The van der Waals surface area contributed by atoms with Crippen LogP contribution in [0.4, 0.5) is 18.9 Å². The molecule has 0 saturated heterocycles. The third-order valence-corrected chi connectivity index (χ3v) is 7.01. The fraction of sp³-hybridized carbons (Fsp3) is 0.125. The molecule has 4 aromatic carbocycles. The van der Waals surface area contributed by atoms with Crippen LogP contribution < -0.4 is 5.32 Å². The molecule has 0 spiro atoms. The van der Waals surface area contributed by atoms with Crippen LogP contribution >= 0.6 is 0 Å². The molecule has 6 rings (SSSR count). The molecule has 2 heterocycles. The number of alkyl halides is 3. The van der Waals surface area contributed by atoms with E-state index in [1.807, 2.05) is 60.7 Å². The molecule has 40 heavy (non-hydrogen) atoms. The molecule has 0 atom stereocenters. The second-order valence-electron chi connectivity index (χ2n) is 9.71. The number of hydrogen-bond acceptors (Lipinski definition) is 3. The number of nitrogens with one attached hydrogen (secondary N) is 1. The van der Waals surface area contributed by atoms with Gasteiger partial charge in [0.2, 0.25) is 0 Å². The second kappa shape index (κ2) is 10.0. The Kier molecular flexibility index (Phi) is 6.38. The zero-order chi connectivity index (χ0) is 27.9. The van der Waals surface area contributed by atoms with Gasteiger partial charge in [-0.1, -0.05) is 48.5 Å². The Morgan fingerprint density at radius 3 is 2.42 bits per heavy atom. The van der Waals surface area contributed by atoms with Gasteiger partial charge in [-0.25, -0.2) is 0 Å². The summed E-state index contributed by atoms with van der Waals surface area (Å²) < 4.78 is 45.4. The predicted molar refractivity (Wildman–Crippen MR) is 146 cm³/mol. The maximum Gasteiger partial charge on any atom is 0.416 e. The summed E-state index contributed by atoms with van der Waals surface area (Å²) in [5.41, 5.74) is 1.84. The Balaban J connectivity index is 1.18. The quantitative estimate of drug-likeness (QED) is 0.256. The molecule has 1 aliphatic rings. The van der Waals surface area contributed by atoms with Crippen molar-refractivity contribution in [3.63, 3.8) is 0 Å². The van der Waals surface area contributed by atoms with E-state index in [2.05, 4.69) is 5.32 Å². The maximum atomic E-state index is 13.1. The van der Waals surface area contributed by atoms with E-state index in [4.69, 9.17) is 4.42 Å². The van der Waals surface area contributed by atoms with Crippen molar-refractivity contribution in [2.24, 2.45) is 0 Å². The number of furan rings is 1. The Bertz CT molecular complexity index is 1760. The lowest BCUT2D eigenvalue weighted by molar-refractivity contribution is -0.137. The van der Waals surface area contributed by atoms with Gasteiger partial charge in [-0.15, -0.1) is 0 Å². The Labute approximate surface area is 227 Å². The molecule has 0 saturated carbocycles. The maximum absolute atomic E-state index is 13.1. The van der Waals surface area contributed by atoms with Gasteiger partial charge in [0.05, 0.1) is 5.56 Å². The summed E-state index contributed by atoms with van der Waals surface area (Å²) >= 11 is 0. The molecule has 5 aromatic rings. The Morgan fingerprint density at radius 1 is 0.800 bits per heavy atom. The molecule has 5 nitrogen and oxygen atoms in total. The number of fused-ring (bicyclic) bond motifs is 2. The molecular weight excluding hydrogens is 517 g/mol. The monoisotopic (exact) mass is 540 g/mol. The largest absolute Gasteiger partial charge is 0.461 e. The van der Waals surface area contributed by atoms with Gasteiger partial charge in [0.15, 0.2) is 0 Å². The summed E-state index contributed by atoms with van der Waals surface area (Å²) in [5, 5.41) is 4.97. The molecular formula is C32H23F3N2O3. The van der Waals surface area contributed by atoms with E-state index in [9.17, 15) is 22.8 Å². The lowest BCUT2D eigenvalue weighted by Gasteiger charge is -2.26. The molecule has 1 aliphatic heterocycles. The number of anilines is 1. The van der Waals surface area contributed by atoms with E-state index in [1.165, 1.54) is 17.0 Å². The number of hydrogen-bond donors (Lipinski definition) is 1. The SMILES string of the molecule is O=C(Nc1cccc(-c2cc3c(o2)CCN(C(=O)c2cccc(C(F)(F)F)c2)C3)c1)c1ccc2ccccc2c1. The highest BCUT2D eigenvalue weighted by Gasteiger charge is 2.32. The third kappa shape index (κ3) is 5.08. The average Bonchev–Trinajstić information content (AvgIpc) is 3.40. The Morgan fingerprint density at radius 2 is 1.60 bits per heavy atom. The van der Waals surface area contributed by atoms with Gasteiger partial charge < -0.3 is 14.6 Å². The standard InChI is InChI=1S/C32H23F3N2O3/c33-32(34,35)26-9-3-8-24(16-26)31(39)37-14-13-28-25(19-37)18-29(40-28)22-7-4-10-27(17-22)36-30(38)23-12-11-20-5-1-2-6-21(20)15-23/h1-12,15-18H,13-14,19H2,(H,36,38). The zero-order valence-electron chi connectivity index (χ0n) is 21.2. The number of carbonyl (C=O) groups excluding carboxylic acids is 2. The fourth-order valence-electron chi connectivity index (χ4n) is 4.94. The van der Waals surface area contributed by atoms with Crippen LogP contribution in [-0.4, -0.2) is 23.3 Å². The van der Waals surface area contributed by atoms with E-state index >= 15 is 0 Å². The molecule has 1 aromatic heterocycles. The van der Waals surface area contributed by atoms with Crippen molar-refractivity contribution < 1.29 is 27.2 Å². The van der Waals surface area contributed by atoms with E-state index in [0.717, 1.165) is 39.8 Å². The Hall–Kier alpha value is -4.85. The van der Waals surface area contributed by atoms with Crippen molar-refractivity contribution in [3.8, 4) is 11.3 Å². The molecule has 8 heteroatoms. The van der Waals surface area contributed by atoms with Crippen LogP contribution in [-0.2, 0) is 19.1 Å². The average molecular weight is 541 g/mol. The normalized spacial score (nSPS) is 13.2. The minimum absolute atomic E-state index is 0.00292. The summed E-state index contributed by atoms with van der Waals surface area (Å²) in [6, 6.07) is 27.0. The van der Waals surface area contributed by atoms with Crippen molar-refractivity contribution in [3.05, 3.63) is 125 Å². The highest BCUT2D eigenvalue weighted by molar-refractivity contribution is 6.06. The van der Waals surface area contributed by atoms with Crippen molar-refractivity contribution in [1.29, 1.82) is 0 Å². The van der Waals surface area contributed by atoms with E-state index in [-0.39, 0.29) is 18.0 Å². The van der Waals surface area contributed by atoms with Crippen LogP contribution in [0.15, 0.2) is 101 Å². The third-order valence-electron chi connectivity index (χ3n) is 7.01. The van der Waals surface area contributed by atoms with Gasteiger partial charge in [-0.2, -0.15) is 13.2 Å². The number of benzene rings is 4. The van der Waals surface area contributed by atoms with Gasteiger partial charge >= 0.3 is 6.18 Å². The van der Waals surface area contributed by atoms with Crippen LogP contribution in [0.5, 0.6) is 0 Å². The summed E-state index contributed by atoms with van der Waals surface area (Å²) in [6.07, 6.45) is -4.08. The first-order valence-corrected chi connectivity index (χ1v) is 12.7. The van der Waals surface area contributed by atoms with E-state index < -0.39 is 17.6 Å². The summed E-state index contributed by atoms with van der Waals surface area (Å²) in [7, 11) is 0. The van der Waals surface area contributed by atoms with E-state index in [1.54, 1.807) is 12.1 Å². The topological polar surface area (TPSA) is 62.6 Å². The molecule has 2 amide bonds. The van der Waals surface area contributed by atoms with Gasteiger partial charge in [-0.3, -0.25) is 9.59 Å². The summed E-state index contributed by atoms with van der Waals surface area (Å²) in [5.74, 6) is 0.622. The number of halogens is 3. The minimum atomic E-state index is -4.52. The van der Waals surface area contributed by atoms with Crippen LogP contribution in [0.3, 0.4) is 0 Å². The summed E-state index contributed by atoms with van der Waals surface area (Å²) in [6.45, 7) is 0.559. The van der Waals surface area contributed by atoms with Gasteiger partial charge in [0.25, 0.3) is 11.8 Å². The fourth-order valence-corrected chi connectivity index (χ4v) is 4.94. The number of nitrogens with zero attached hydrogens (tertiary/aromatic N) is 1. The lowest BCUT2D eigenvalue weighted by atomic mass is 10.0.